The molecule has 29 heavy (non-hydrogen) atoms. The molecule has 0 aliphatic carbocycles. The van der Waals surface area contributed by atoms with Gasteiger partial charge in [-0.1, -0.05) is 12.1 Å². The Labute approximate surface area is 169 Å². The van der Waals surface area contributed by atoms with E-state index in [1.165, 1.54) is 0 Å². The molecule has 0 spiro atoms. The van der Waals surface area contributed by atoms with Crippen molar-refractivity contribution in [1.29, 1.82) is 0 Å². The van der Waals surface area contributed by atoms with Crippen LogP contribution in [0.1, 0.15) is 22.0 Å². The number of sulfone groups is 1. The molecular formula is C19H23N3O6S. The Bertz CT molecular complexity index is 1000. The number of nitrogens with one attached hydrogen (secondary N) is 1. The molecule has 156 valence electrons. The van der Waals surface area contributed by atoms with E-state index in [2.05, 4.69) is 5.32 Å². The number of methoxy groups -OCH3 is 1. The predicted molar refractivity (Wildman–Crippen MR) is 108 cm³/mol. The molecule has 1 amide bonds. The number of hydrogen-bond acceptors (Lipinski definition) is 7. The van der Waals surface area contributed by atoms with Crippen LogP contribution in [0.4, 0.5) is 5.69 Å². The summed E-state index contributed by atoms with van der Waals surface area (Å²) in [6.07, 6.45) is 0.930. The Kier molecular flexibility index (Phi) is 6.93. The topological polar surface area (TPSA) is 119 Å². The van der Waals surface area contributed by atoms with Crippen molar-refractivity contribution in [2.24, 2.45) is 0 Å². The summed E-state index contributed by atoms with van der Waals surface area (Å²) >= 11 is 0. The van der Waals surface area contributed by atoms with Gasteiger partial charge in [0.25, 0.3) is 11.6 Å². The van der Waals surface area contributed by atoms with E-state index in [4.69, 9.17) is 4.74 Å². The first-order chi connectivity index (χ1) is 13.5. The fourth-order valence-corrected chi connectivity index (χ4v) is 3.43. The monoisotopic (exact) mass is 421 g/mol. The van der Waals surface area contributed by atoms with E-state index in [0.717, 1.165) is 30.0 Å². The van der Waals surface area contributed by atoms with Crippen LogP contribution in [-0.4, -0.2) is 58.2 Å². The van der Waals surface area contributed by atoms with Gasteiger partial charge >= 0.3 is 0 Å². The SMILES string of the molecule is COc1ccc(C(CNC(=O)c2cc([N+](=O)[O-])cc(S(C)(=O)=O)c2)N(C)C)cc1. The minimum Gasteiger partial charge on any atom is -0.497 e. The van der Waals surface area contributed by atoms with Crippen molar-refractivity contribution < 1.29 is 22.9 Å². The van der Waals surface area contributed by atoms with E-state index in [9.17, 15) is 23.3 Å². The van der Waals surface area contributed by atoms with Gasteiger partial charge in [0, 0.05) is 30.5 Å². The third-order valence-electron chi connectivity index (χ3n) is 4.37. The van der Waals surface area contributed by atoms with Crippen LogP contribution in [0, 0.1) is 10.1 Å². The zero-order valence-corrected chi connectivity index (χ0v) is 17.4. The number of nitrogens with zero attached hydrogens (tertiary/aromatic N) is 2. The van der Waals surface area contributed by atoms with Crippen molar-refractivity contribution in [2.75, 3.05) is 34.0 Å². The standard InChI is InChI=1S/C19H23N3O6S/c1-21(2)18(13-5-7-16(28-3)8-6-13)12-20-19(23)14-9-15(22(24)25)11-17(10-14)29(4,26)27/h5-11,18H,12H2,1-4H3,(H,20,23). The van der Waals surface area contributed by atoms with Crippen LogP contribution in [0.3, 0.4) is 0 Å². The number of amides is 1. The van der Waals surface area contributed by atoms with Gasteiger partial charge in [-0.25, -0.2) is 8.42 Å². The minimum atomic E-state index is -3.71. The van der Waals surface area contributed by atoms with E-state index in [0.29, 0.717) is 5.75 Å². The molecule has 0 aliphatic rings. The van der Waals surface area contributed by atoms with Gasteiger partial charge in [0.1, 0.15) is 5.75 Å². The fraction of sp³-hybridized carbons (Fsp3) is 0.316. The van der Waals surface area contributed by atoms with Crippen molar-refractivity contribution in [3.05, 3.63) is 63.7 Å². The summed E-state index contributed by atoms with van der Waals surface area (Å²) < 4.78 is 28.8. The van der Waals surface area contributed by atoms with Crippen molar-refractivity contribution in [3.63, 3.8) is 0 Å². The number of carbonyl (C=O) groups is 1. The van der Waals surface area contributed by atoms with Crippen LogP contribution in [-0.2, 0) is 9.84 Å². The minimum absolute atomic E-state index is 0.0909. The first-order valence-electron chi connectivity index (χ1n) is 8.61. The quantitative estimate of drug-likeness (QED) is 0.512. The maximum Gasteiger partial charge on any atom is 0.271 e. The summed E-state index contributed by atoms with van der Waals surface area (Å²) in [6.45, 7) is 0.217. The highest BCUT2D eigenvalue weighted by Crippen LogP contribution is 2.23. The molecule has 2 aromatic rings. The average molecular weight is 421 g/mol. The predicted octanol–water partition coefficient (Wildman–Crippen LogP) is 2.04. The number of nitro benzene ring substituents is 1. The van der Waals surface area contributed by atoms with Gasteiger partial charge < -0.3 is 15.0 Å². The number of carbonyl (C=O) groups excluding carboxylic acids is 1. The van der Waals surface area contributed by atoms with Gasteiger partial charge in [0.05, 0.1) is 23.0 Å². The third kappa shape index (κ3) is 5.75. The molecule has 0 bridgehead atoms. The molecule has 0 radical (unpaired) electrons. The molecule has 10 heteroatoms. The second-order valence-electron chi connectivity index (χ2n) is 6.71. The molecule has 2 aromatic carbocycles. The smallest absolute Gasteiger partial charge is 0.271 e. The van der Waals surface area contributed by atoms with E-state index in [-0.39, 0.29) is 23.0 Å². The number of ether oxygens (including phenoxy) is 1. The molecule has 1 N–H and O–H groups in total. The fourth-order valence-electron chi connectivity index (χ4n) is 2.75. The number of likely N-dealkylation sites (N-methyl/N-ethyl adjacent to an activating group) is 1. The largest absolute Gasteiger partial charge is 0.497 e. The van der Waals surface area contributed by atoms with Gasteiger partial charge in [-0.3, -0.25) is 14.9 Å². The highest BCUT2D eigenvalue weighted by atomic mass is 32.2. The maximum absolute atomic E-state index is 12.6. The molecule has 0 aliphatic heterocycles. The Morgan fingerprint density at radius 1 is 1.21 bits per heavy atom. The molecule has 1 atom stereocenters. The molecule has 1 unspecified atom stereocenters. The molecule has 0 saturated heterocycles. The highest BCUT2D eigenvalue weighted by molar-refractivity contribution is 7.90. The van der Waals surface area contributed by atoms with Crippen LogP contribution >= 0.6 is 0 Å². The molecule has 0 fully saturated rings. The van der Waals surface area contributed by atoms with Crippen LogP contribution in [0.5, 0.6) is 5.75 Å². The number of non-ortho nitro benzene ring substituents is 1. The van der Waals surface area contributed by atoms with Crippen molar-refractivity contribution in [1.82, 2.24) is 10.2 Å². The van der Waals surface area contributed by atoms with Crippen LogP contribution < -0.4 is 10.1 Å². The lowest BCUT2D eigenvalue weighted by atomic mass is 10.1. The van der Waals surface area contributed by atoms with Gasteiger partial charge in [-0.2, -0.15) is 0 Å². The molecule has 9 nitrogen and oxygen atoms in total. The normalized spacial score (nSPS) is 12.4. The van der Waals surface area contributed by atoms with E-state index < -0.39 is 26.4 Å². The van der Waals surface area contributed by atoms with Gasteiger partial charge in [-0.15, -0.1) is 0 Å². The number of rotatable bonds is 8. The zero-order chi connectivity index (χ0) is 21.8. The van der Waals surface area contributed by atoms with E-state index in [1.54, 1.807) is 7.11 Å². The maximum atomic E-state index is 12.6. The zero-order valence-electron chi connectivity index (χ0n) is 16.6. The number of hydrogen-bond donors (Lipinski definition) is 1. The summed E-state index contributed by atoms with van der Waals surface area (Å²) in [5.74, 6) is 0.110. The molecule has 0 heterocycles. The second kappa shape index (κ2) is 9.01. The Morgan fingerprint density at radius 3 is 2.31 bits per heavy atom. The van der Waals surface area contributed by atoms with Crippen LogP contribution in [0.2, 0.25) is 0 Å². The van der Waals surface area contributed by atoms with Gasteiger partial charge in [-0.05, 0) is 37.9 Å². The summed E-state index contributed by atoms with van der Waals surface area (Å²) in [6, 6.07) is 10.3. The summed E-state index contributed by atoms with van der Waals surface area (Å²) in [7, 11) is 1.57. The molecule has 0 saturated carbocycles. The summed E-state index contributed by atoms with van der Waals surface area (Å²) in [5, 5.41) is 13.8. The lowest BCUT2D eigenvalue weighted by Crippen LogP contribution is -2.34. The number of benzene rings is 2. The first-order valence-corrected chi connectivity index (χ1v) is 10.5. The Hall–Kier alpha value is -2.98. The lowest BCUT2D eigenvalue weighted by Gasteiger charge is -2.25. The van der Waals surface area contributed by atoms with Gasteiger partial charge in [0.15, 0.2) is 9.84 Å². The van der Waals surface area contributed by atoms with Crippen molar-refractivity contribution >= 4 is 21.4 Å². The summed E-state index contributed by atoms with van der Waals surface area (Å²) in [4.78, 5) is 24.6. The van der Waals surface area contributed by atoms with Crippen LogP contribution in [0.15, 0.2) is 47.4 Å². The van der Waals surface area contributed by atoms with E-state index in [1.807, 2.05) is 43.3 Å². The lowest BCUT2D eigenvalue weighted by molar-refractivity contribution is -0.385. The number of nitro groups is 1. The van der Waals surface area contributed by atoms with Crippen molar-refractivity contribution in [2.45, 2.75) is 10.9 Å². The average Bonchev–Trinajstić information content (AvgIpc) is 2.67. The van der Waals surface area contributed by atoms with Gasteiger partial charge in [0.2, 0.25) is 0 Å². The summed E-state index contributed by atoms with van der Waals surface area (Å²) in [5.41, 5.74) is 0.385. The second-order valence-corrected chi connectivity index (χ2v) is 8.72. The Morgan fingerprint density at radius 2 is 1.83 bits per heavy atom. The highest BCUT2D eigenvalue weighted by Gasteiger charge is 2.21. The molecular weight excluding hydrogens is 398 g/mol. The van der Waals surface area contributed by atoms with E-state index >= 15 is 0 Å². The van der Waals surface area contributed by atoms with Crippen LogP contribution in [0.25, 0.3) is 0 Å². The molecule has 2 rings (SSSR count). The molecule has 0 aromatic heterocycles. The third-order valence-corrected chi connectivity index (χ3v) is 5.46. The van der Waals surface area contributed by atoms with Crippen molar-refractivity contribution in [3.8, 4) is 5.75 Å². The Balaban J connectivity index is 2.25. The first kappa shape index (κ1) is 22.3.